The Balaban J connectivity index is 1.91. The highest BCUT2D eigenvalue weighted by molar-refractivity contribution is 7.89. The fourth-order valence-corrected chi connectivity index (χ4v) is 3.74. The van der Waals surface area contributed by atoms with Crippen molar-refractivity contribution in [3.05, 3.63) is 54.1 Å². The Morgan fingerprint density at radius 2 is 1.72 bits per heavy atom. The van der Waals surface area contributed by atoms with E-state index in [1.165, 1.54) is 18.2 Å². The molecule has 3 N–H and O–H groups in total. The monoisotopic (exact) mass is 463 g/mol. The molecule has 10 heteroatoms. The number of anilines is 1. The van der Waals surface area contributed by atoms with Crippen LogP contribution in [0.4, 0.5) is 10.5 Å². The zero-order valence-electron chi connectivity index (χ0n) is 18.6. The number of ether oxygens (including phenoxy) is 2. The maximum absolute atomic E-state index is 12.5. The zero-order valence-corrected chi connectivity index (χ0v) is 19.4. The highest BCUT2D eigenvalue weighted by Crippen LogP contribution is 2.17. The molecule has 0 aliphatic rings. The van der Waals surface area contributed by atoms with E-state index >= 15 is 0 Å². The van der Waals surface area contributed by atoms with Crippen LogP contribution < -0.4 is 20.1 Å². The quantitative estimate of drug-likeness (QED) is 0.492. The van der Waals surface area contributed by atoms with E-state index in [9.17, 15) is 18.0 Å². The third-order valence-corrected chi connectivity index (χ3v) is 5.47. The Morgan fingerprint density at radius 3 is 2.41 bits per heavy atom. The maximum Gasteiger partial charge on any atom is 0.407 e. The van der Waals surface area contributed by atoms with Gasteiger partial charge < -0.3 is 20.1 Å². The molecule has 0 fully saturated rings. The molecule has 0 spiro atoms. The molecule has 32 heavy (non-hydrogen) atoms. The van der Waals surface area contributed by atoms with Crippen LogP contribution in [0.3, 0.4) is 0 Å². The lowest BCUT2D eigenvalue weighted by Gasteiger charge is -2.19. The molecule has 0 aliphatic carbocycles. The lowest BCUT2D eigenvalue weighted by Crippen LogP contribution is -2.37. The van der Waals surface area contributed by atoms with Crippen LogP contribution in [0.2, 0.25) is 0 Å². The molecule has 2 aromatic carbocycles. The van der Waals surface area contributed by atoms with Gasteiger partial charge in [-0.2, -0.15) is 0 Å². The molecule has 0 unspecified atom stereocenters. The van der Waals surface area contributed by atoms with Gasteiger partial charge in [0, 0.05) is 18.8 Å². The number of hydrogen-bond donors (Lipinski definition) is 3. The summed E-state index contributed by atoms with van der Waals surface area (Å²) in [5.41, 5.74) is 0.485. The van der Waals surface area contributed by atoms with E-state index in [0.717, 1.165) is 5.56 Å². The van der Waals surface area contributed by atoms with Crippen LogP contribution in [0.1, 0.15) is 26.3 Å². The summed E-state index contributed by atoms with van der Waals surface area (Å²) in [6.07, 6.45) is -0.514. The van der Waals surface area contributed by atoms with Gasteiger partial charge in [0.05, 0.1) is 18.4 Å². The lowest BCUT2D eigenvalue weighted by molar-refractivity contribution is -0.115. The number of methoxy groups -OCH3 is 1. The summed E-state index contributed by atoms with van der Waals surface area (Å²) < 4.78 is 37.7. The molecule has 0 saturated heterocycles. The van der Waals surface area contributed by atoms with E-state index < -0.39 is 21.7 Å². The highest BCUT2D eigenvalue weighted by Gasteiger charge is 2.17. The number of carbonyl (C=O) groups excluding carboxylic acids is 2. The molecule has 0 bridgehead atoms. The van der Waals surface area contributed by atoms with Crippen molar-refractivity contribution < 1.29 is 27.5 Å². The van der Waals surface area contributed by atoms with E-state index in [2.05, 4.69) is 15.4 Å². The minimum absolute atomic E-state index is 0.00560. The molecule has 0 aromatic heterocycles. The van der Waals surface area contributed by atoms with Crippen molar-refractivity contribution in [3.63, 3.8) is 0 Å². The van der Waals surface area contributed by atoms with Crippen molar-refractivity contribution in [2.24, 2.45) is 0 Å². The van der Waals surface area contributed by atoms with Gasteiger partial charge in [0.25, 0.3) is 0 Å². The smallest absolute Gasteiger partial charge is 0.407 e. The molecule has 2 amide bonds. The Kier molecular flexibility index (Phi) is 8.62. The molecule has 0 heterocycles. The van der Waals surface area contributed by atoms with Crippen LogP contribution in [0, 0.1) is 0 Å². The molecule has 0 radical (unpaired) electrons. The normalized spacial score (nSPS) is 11.5. The first-order chi connectivity index (χ1) is 15.0. The first-order valence-electron chi connectivity index (χ1n) is 9.98. The Hall–Kier alpha value is -3.11. The van der Waals surface area contributed by atoms with E-state index in [-0.39, 0.29) is 30.3 Å². The topological polar surface area (TPSA) is 123 Å². The Bertz CT molecular complexity index is 1050. The summed E-state index contributed by atoms with van der Waals surface area (Å²) in [5, 5.41) is 5.18. The maximum atomic E-state index is 12.5. The standard InChI is InChI=1S/C22H29N3O6S/c1-22(2,3)31-21(27)23-11-12-24-32(28,29)19-10-6-8-17(15-19)25-20(26)14-16-7-5-9-18(13-16)30-4/h5-10,13,15,24H,11-12,14H2,1-4H3,(H,23,27)(H,25,26). The van der Waals surface area contributed by atoms with Gasteiger partial charge in [-0.25, -0.2) is 17.9 Å². The molecule has 2 aromatic rings. The number of sulfonamides is 1. The molecule has 0 atom stereocenters. The van der Waals surface area contributed by atoms with Crippen molar-refractivity contribution in [1.82, 2.24) is 10.0 Å². The average molecular weight is 464 g/mol. The Morgan fingerprint density at radius 1 is 1.00 bits per heavy atom. The molecular weight excluding hydrogens is 434 g/mol. The van der Waals surface area contributed by atoms with Crippen LogP contribution in [-0.4, -0.2) is 46.2 Å². The third kappa shape index (κ3) is 8.56. The highest BCUT2D eigenvalue weighted by atomic mass is 32.2. The molecule has 0 saturated carbocycles. The van der Waals surface area contributed by atoms with Crippen LogP contribution >= 0.6 is 0 Å². The van der Waals surface area contributed by atoms with Crippen molar-refractivity contribution >= 4 is 27.7 Å². The number of hydrogen-bond acceptors (Lipinski definition) is 6. The van der Waals surface area contributed by atoms with E-state index in [0.29, 0.717) is 11.4 Å². The van der Waals surface area contributed by atoms with Gasteiger partial charge in [-0.15, -0.1) is 0 Å². The van der Waals surface area contributed by atoms with Crippen molar-refractivity contribution in [2.75, 3.05) is 25.5 Å². The molecule has 0 aliphatic heterocycles. The van der Waals surface area contributed by atoms with Crippen LogP contribution in [-0.2, 0) is 26.0 Å². The number of carbonyl (C=O) groups is 2. The number of alkyl carbamates (subject to hydrolysis) is 1. The minimum Gasteiger partial charge on any atom is -0.497 e. The van der Waals surface area contributed by atoms with Gasteiger partial charge in [0.15, 0.2) is 0 Å². The van der Waals surface area contributed by atoms with Gasteiger partial charge >= 0.3 is 6.09 Å². The number of amides is 2. The van der Waals surface area contributed by atoms with Gasteiger partial charge in [-0.05, 0) is 56.7 Å². The fourth-order valence-electron chi connectivity index (χ4n) is 2.66. The van der Waals surface area contributed by atoms with Gasteiger partial charge in [-0.3, -0.25) is 4.79 Å². The summed E-state index contributed by atoms with van der Waals surface area (Å²) >= 11 is 0. The lowest BCUT2D eigenvalue weighted by atomic mass is 10.1. The van der Waals surface area contributed by atoms with Crippen molar-refractivity contribution in [1.29, 1.82) is 0 Å². The summed E-state index contributed by atoms with van der Waals surface area (Å²) in [6.45, 7) is 5.24. The second-order valence-corrected chi connectivity index (χ2v) is 9.70. The predicted molar refractivity (Wildman–Crippen MR) is 121 cm³/mol. The first kappa shape index (κ1) is 25.2. The van der Waals surface area contributed by atoms with Gasteiger partial charge in [0.1, 0.15) is 11.4 Å². The molecule has 2 rings (SSSR count). The summed E-state index contributed by atoms with van der Waals surface area (Å²) in [7, 11) is -2.28. The van der Waals surface area contributed by atoms with Crippen LogP contribution in [0.25, 0.3) is 0 Å². The second kappa shape index (κ2) is 11.0. The van der Waals surface area contributed by atoms with Crippen molar-refractivity contribution in [3.8, 4) is 5.75 Å². The zero-order chi connectivity index (χ0) is 23.8. The molecule has 9 nitrogen and oxygen atoms in total. The van der Waals surface area contributed by atoms with E-state index in [1.807, 2.05) is 0 Å². The molecular formula is C22H29N3O6S. The number of nitrogens with one attached hydrogen (secondary N) is 3. The summed E-state index contributed by atoms with van der Waals surface area (Å²) in [5.74, 6) is 0.359. The average Bonchev–Trinajstić information content (AvgIpc) is 2.70. The van der Waals surface area contributed by atoms with Gasteiger partial charge in [0.2, 0.25) is 15.9 Å². The number of benzene rings is 2. The summed E-state index contributed by atoms with van der Waals surface area (Å²) in [4.78, 5) is 24.0. The van der Waals surface area contributed by atoms with Crippen LogP contribution in [0.15, 0.2) is 53.4 Å². The van der Waals surface area contributed by atoms with Crippen molar-refractivity contribution in [2.45, 2.75) is 37.7 Å². The van der Waals surface area contributed by atoms with E-state index in [1.54, 1.807) is 58.2 Å². The second-order valence-electron chi connectivity index (χ2n) is 7.93. The molecule has 174 valence electrons. The van der Waals surface area contributed by atoms with Gasteiger partial charge in [-0.1, -0.05) is 18.2 Å². The Labute approximate surface area is 188 Å². The van der Waals surface area contributed by atoms with E-state index in [4.69, 9.17) is 9.47 Å². The minimum atomic E-state index is -3.83. The first-order valence-corrected chi connectivity index (χ1v) is 11.5. The SMILES string of the molecule is COc1cccc(CC(=O)Nc2cccc(S(=O)(=O)NCCNC(=O)OC(C)(C)C)c2)c1. The largest absolute Gasteiger partial charge is 0.497 e. The van der Waals surface area contributed by atoms with Crippen LogP contribution in [0.5, 0.6) is 5.75 Å². The summed E-state index contributed by atoms with van der Waals surface area (Å²) in [6, 6.07) is 13.1. The fraction of sp³-hybridized carbons (Fsp3) is 0.364. The predicted octanol–water partition coefficient (Wildman–Crippen LogP) is 2.68. The number of rotatable bonds is 9. The third-order valence-electron chi connectivity index (χ3n) is 4.01.